The average molecular weight is 435 g/mol. The Hall–Kier alpha value is -2.44. The molecule has 0 saturated carbocycles. The van der Waals surface area contributed by atoms with Gasteiger partial charge in [-0.05, 0) is 62.8 Å². The minimum Gasteiger partial charge on any atom is -0.373 e. The smallest absolute Gasteiger partial charge is 0.259 e. The molecule has 3 aliphatic rings. The second-order valence-electron chi connectivity index (χ2n) is 9.65. The summed E-state index contributed by atoms with van der Waals surface area (Å²) in [6, 6.07) is 12.1. The Morgan fingerprint density at radius 3 is 2.50 bits per heavy atom. The van der Waals surface area contributed by atoms with Crippen LogP contribution in [0.15, 0.2) is 42.6 Å². The van der Waals surface area contributed by atoms with Crippen molar-refractivity contribution in [2.24, 2.45) is 5.92 Å². The summed E-state index contributed by atoms with van der Waals surface area (Å²) in [5, 5.41) is 0. The number of aromatic nitrogens is 1. The largest absolute Gasteiger partial charge is 0.373 e. The van der Waals surface area contributed by atoms with E-state index in [1.165, 1.54) is 24.9 Å². The molecule has 2 unspecified atom stereocenters. The highest BCUT2D eigenvalue weighted by Gasteiger charge is 2.28. The minimum atomic E-state index is 0.0432. The van der Waals surface area contributed by atoms with Crippen molar-refractivity contribution in [1.82, 2.24) is 9.88 Å². The van der Waals surface area contributed by atoms with Gasteiger partial charge < -0.3 is 14.5 Å². The predicted molar refractivity (Wildman–Crippen MR) is 127 cm³/mol. The Morgan fingerprint density at radius 2 is 1.78 bits per heavy atom. The summed E-state index contributed by atoms with van der Waals surface area (Å²) in [4.78, 5) is 24.5. The number of pyridine rings is 1. The van der Waals surface area contributed by atoms with E-state index < -0.39 is 0 Å². The van der Waals surface area contributed by atoms with Crippen LogP contribution in [-0.2, 0) is 11.2 Å². The molecular weight excluding hydrogens is 400 g/mol. The summed E-state index contributed by atoms with van der Waals surface area (Å²) < 4.78 is 5.87. The van der Waals surface area contributed by atoms with Crippen LogP contribution in [-0.4, -0.2) is 67.3 Å². The van der Waals surface area contributed by atoms with Crippen LogP contribution in [0.4, 0.5) is 11.5 Å². The van der Waals surface area contributed by atoms with E-state index in [2.05, 4.69) is 34.7 Å². The Kier molecular flexibility index (Phi) is 6.15. The highest BCUT2D eigenvalue weighted by Crippen LogP contribution is 2.29. The molecule has 0 spiro atoms. The van der Waals surface area contributed by atoms with Gasteiger partial charge in [0, 0.05) is 51.2 Å². The molecule has 1 aromatic carbocycles. The van der Waals surface area contributed by atoms with E-state index in [4.69, 9.17) is 4.74 Å². The third-order valence-electron chi connectivity index (χ3n) is 7.08. The third-order valence-corrected chi connectivity index (χ3v) is 7.08. The SMILES string of the molecule is CC1CN(CC2CCN(c3ccc(C(=O)N4CCc5ccccc54)cn3)CC2)CC(C)O1. The zero-order valence-electron chi connectivity index (χ0n) is 19.2. The van der Waals surface area contributed by atoms with Crippen LogP contribution in [0.1, 0.15) is 42.6 Å². The van der Waals surface area contributed by atoms with Crippen molar-refractivity contribution in [3.05, 3.63) is 53.7 Å². The first-order chi connectivity index (χ1) is 15.6. The Balaban J connectivity index is 1.16. The van der Waals surface area contributed by atoms with E-state index in [0.717, 1.165) is 56.6 Å². The lowest BCUT2D eigenvalue weighted by Gasteiger charge is -2.39. The lowest BCUT2D eigenvalue weighted by Crippen LogP contribution is -2.48. The van der Waals surface area contributed by atoms with Gasteiger partial charge in [-0.1, -0.05) is 18.2 Å². The number of ether oxygens (including phenoxy) is 1. The Bertz CT molecular complexity index is 929. The van der Waals surface area contributed by atoms with Crippen LogP contribution in [0.25, 0.3) is 0 Å². The van der Waals surface area contributed by atoms with Gasteiger partial charge >= 0.3 is 0 Å². The van der Waals surface area contributed by atoms with Crippen molar-refractivity contribution in [1.29, 1.82) is 0 Å². The molecule has 3 aliphatic heterocycles. The molecule has 4 heterocycles. The van der Waals surface area contributed by atoms with Gasteiger partial charge in [0.1, 0.15) is 5.82 Å². The van der Waals surface area contributed by atoms with Crippen LogP contribution in [0.5, 0.6) is 0 Å². The van der Waals surface area contributed by atoms with E-state index in [0.29, 0.717) is 17.8 Å². The van der Waals surface area contributed by atoms with Crippen molar-refractivity contribution in [2.45, 2.75) is 45.3 Å². The Morgan fingerprint density at radius 1 is 1.03 bits per heavy atom. The lowest BCUT2D eigenvalue weighted by molar-refractivity contribution is -0.0720. The number of nitrogens with zero attached hydrogens (tertiary/aromatic N) is 4. The van der Waals surface area contributed by atoms with Gasteiger partial charge in [-0.15, -0.1) is 0 Å². The van der Waals surface area contributed by atoms with Gasteiger partial charge in [-0.2, -0.15) is 0 Å². The van der Waals surface area contributed by atoms with E-state index in [-0.39, 0.29) is 5.91 Å². The summed E-state index contributed by atoms with van der Waals surface area (Å²) in [6.45, 7) is 10.4. The van der Waals surface area contributed by atoms with Gasteiger partial charge in [0.25, 0.3) is 5.91 Å². The van der Waals surface area contributed by atoms with Gasteiger partial charge in [0.05, 0.1) is 17.8 Å². The molecule has 0 N–H and O–H groups in total. The maximum Gasteiger partial charge on any atom is 0.259 e. The number of carbonyl (C=O) groups is 1. The molecule has 0 radical (unpaired) electrons. The molecule has 2 fully saturated rings. The van der Waals surface area contributed by atoms with Gasteiger partial charge in [-0.25, -0.2) is 4.98 Å². The maximum absolute atomic E-state index is 13.0. The van der Waals surface area contributed by atoms with Crippen LogP contribution in [0.2, 0.25) is 0 Å². The maximum atomic E-state index is 13.0. The van der Waals surface area contributed by atoms with E-state index >= 15 is 0 Å². The summed E-state index contributed by atoms with van der Waals surface area (Å²) in [5.74, 6) is 1.76. The van der Waals surface area contributed by atoms with E-state index in [9.17, 15) is 4.79 Å². The molecule has 6 heteroatoms. The standard InChI is InChI=1S/C26H34N4O2/c1-19-16-28(17-20(2)32-19)18-21-9-12-29(13-10-21)25-8-7-23(15-27-25)26(31)30-14-11-22-5-3-4-6-24(22)30/h3-8,15,19-21H,9-14,16-18H2,1-2H3. The zero-order chi connectivity index (χ0) is 22.1. The number of para-hydroxylation sites is 1. The fraction of sp³-hybridized carbons (Fsp3) is 0.538. The van der Waals surface area contributed by atoms with Crippen molar-refractivity contribution in [3.8, 4) is 0 Å². The number of rotatable bonds is 4. The zero-order valence-corrected chi connectivity index (χ0v) is 19.2. The fourth-order valence-electron chi connectivity index (χ4n) is 5.55. The summed E-state index contributed by atoms with van der Waals surface area (Å²) in [7, 11) is 0. The second kappa shape index (κ2) is 9.20. The molecule has 32 heavy (non-hydrogen) atoms. The van der Waals surface area contributed by atoms with Crippen molar-refractivity contribution in [2.75, 3.05) is 49.1 Å². The van der Waals surface area contributed by atoms with Gasteiger partial charge in [0.15, 0.2) is 0 Å². The number of hydrogen-bond acceptors (Lipinski definition) is 5. The van der Waals surface area contributed by atoms with Crippen molar-refractivity contribution in [3.63, 3.8) is 0 Å². The van der Waals surface area contributed by atoms with Crippen molar-refractivity contribution >= 4 is 17.4 Å². The first-order valence-corrected chi connectivity index (χ1v) is 12.1. The number of amides is 1. The van der Waals surface area contributed by atoms with Crippen LogP contribution < -0.4 is 9.80 Å². The van der Waals surface area contributed by atoms with Crippen molar-refractivity contribution < 1.29 is 9.53 Å². The van der Waals surface area contributed by atoms with E-state index in [1.54, 1.807) is 6.20 Å². The summed E-state index contributed by atoms with van der Waals surface area (Å²) in [6.07, 6.45) is 5.71. The highest BCUT2D eigenvalue weighted by atomic mass is 16.5. The number of carbonyl (C=O) groups excluding carboxylic acids is 1. The lowest BCUT2D eigenvalue weighted by atomic mass is 9.95. The molecule has 0 bridgehead atoms. The first kappa shape index (κ1) is 21.4. The van der Waals surface area contributed by atoms with Gasteiger partial charge in [-0.3, -0.25) is 9.69 Å². The topological polar surface area (TPSA) is 48.9 Å². The minimum absolute atomic E-state index is 0.0432. The first-order valence-electron chi connectivity index (χ1n) is 12.1. The second-order valence-corrected chi connectivity index (χ2v) is 9.65. The molecule has 2 aromatic rings. The van der Waals surface area contributed by atoms with E-state index in [1.807, 2.05) is 35.2 Å². The summed E-state index contributed by atoms with van der Waals surface area (Å²) >= 11 is 0. The molecule has 0 aliphatic carbocycles. The molecule has 5 rings (SSSR count). The third kappa shape index (κ3) is 4.52. The molecule has 1 amide bonds. The number of hydrogen-bond donors (Lipinski definition) is 0. The molecule has 2 atom stereocenters. The van der Waals surface area contributed by atoms with Crippen LogP contribution in [0, 0.1) is 5.92 Å². The number of anilines is 2. The number of benzene rings is 1. The number of fused-ring (bicyclic) bond motifs is 1. The van der Waals surface area contributed by atoms with Crippen LogP contribution in [0.3, 0.4) is 0 Å². The molecule has 6 nitrogen and oxygen atoms in total. The normalized spacial score (nSPS) is 24.6. The van der Waals surface area contributed by atoms with Gasteiger partial charge in [0.2, 0.25) is 0 Å². The predicted octanol–water partition coefficient (Wildman–Crippen LogP) is 3.61. The monoisotopic (exact) mass is 434 g/mol. The highest BCUT2D eigenvalue weighted by molar-refractivity contribution is 6.07. The number of piperidine rings is 1. The number of morpholine rings is 1. The molecular formula is C26H34N4O2. The molecule has 2 saturated heterocycles. The summed E-state index contributed by atoms with van der Waals surface area (Å²) in [5.41, 5.74) is 2.94. The average Bonchev–Trinajstić information content (AvgIpc) is 3.23. The molecule has 1 aromatic heterocycles. The quantitative estimate of drug-likeness (QED) is 0.736. The fourth-order valence-corrected chi connectivity index (χ4v) is 5.55. The van der Waals surface area contributed by atoms with Crippen LogP contribution >= 0.6 is 0 Å². The Labute approximate surface area is 191 Å². The molecule has 170 valence electrons.